The standard InChI is InChI=1S/C13H23N5S/c1-9(2)18-12(14-15-13(18)19)17-7-6-10-4-5-11(8-17)16(10)3/h9-11H,4-8H2,1-3H3,(H,15,19). The zero-order valence-corrected chi connectivity index (χ0v) is 12.8. The van der Waals surface area contributed by atoms with Crippen LogP contribution in [0.1, 0.15) is 39.2 Å². The van der Waals surface area contributed by atoms with Crippen LogP contribution in [-0.4, -0.2) is 51.9 Å². The van der Waals surface area contributed by atoms with Crippen molar-refractivity contribution < 1.29 is 0 Å². The average molecular weight is 281 g/mol. The molecule has 2 aliphatic heterocycles. The minimum atomic E-state index is 0.347. The third-order valence-electron chi connectivity index (χ3n) is 4.63. The Morgan fingerprint density at radius 3 is 2.74 bits per heavy atom. The van der Waals surface area contributed by atoms with Crippen molar-refractivity contribution in [3.05, 3.63) is 4.77 Å². The number of aromatic nitrogens is 3. The summed E-state index contributed by atoms with van der Waals surface area (Å²) in [5.74, 6) is 1.01. The molecule has 19 heavy (non-hydrogen) atoms. The summed E-state index contributed by atoms with van der Waals surface area (Å²) in [6.45, 7) is 6.47. The highest BCUT2D eigenvalue weighted by atomic mass is 32.1. The van der Waals surface area contributed by atoms with Gasteiger partial charge in [-0.25, -0.2) is 5.10 Å². The molecule has 6 heteroatoms. The molecule has 0 spiro atoms. The van der Waals surface area contributed by atoms with E-state index in [2.05, 4.69) is 45.5 Å². The summed E-state index contributed by atoms with van der Waals surface area (Å²) >= 11 is 5.35. The van der Waals surface area contributed by atoms with E-state index in [0.29, 0.717) is 12.1 Å². The van der Waals surface area contributed by atoms with Crippen LogP contribution in [0, 0.1) is 4.77 Å². The number of fused-ring (bicyclic) bond motifs is 2. The molecule has 5 nitrogen and oxygen atoms in total. The highest BCUT2D eigenvalue weighted by molar-refractivity contribution is 7.71. The van der Waals surface area contributed by atoms with Crippen molar-refractivity contribution in [2.24, 2.45) is 0 Å². The summed E-state index contributed by atoms with van der Waals surface area (Å²) in [7, 11) is 2.27. The lowest BCUT2D eigenvalue weighted by Gasteiger charge is -2.27. The number of likely N-dealkylation sites (N-methyl/N-ethyl adjacent to an activating group) is 1. The molecule has 0 aromatic carbocycles. The van der Waals surface area contributed by atoms with Crippen LogP contribution >= 0.6 is 12.2 Å². The Morgan fingerprint density at radius 2 is 2.00 bits per heavy atom. The number of H-pyrrole nitrogens is 1. The van der Waals surface area contributed by atoms with Crippen LogP contribution in [0.3, 0.4) is 0 Å². The van der Waals surface area contributed by atoms with Gasteiger partial charge in [-0.3, -0.25) is 9.47 Å². The van der Waals surface area contributed by atoms with Crippen LogP contribution < -0.4 is 4.90 Å². The molecular formula is C13H23N5S. The number of anilines is 1. The zero-order chi connectivity index (χ0) is 13.6. The van der Waals surface area contributed by atoms with Crippen molar-refractivity contribution in [2.45, 2.75) is 51.2 Å². The minimum Gasteiger partial charge on any atom is -0.339 e. The first-order chi connectivity index (χ1) is 9.08. The number of aromatic amines is 1. The largest absolute Gasteiger partial charge is 0.339 e. The minimum absolute atomic E-state index is 0.347. The van der Waals surface area contributed by atoms with E-state index in [-0.39, 0.29) is 0 Å². The van der Waals surface area contributed by atoms with E-state index < -0.39 is 0 Å². The van der Waals surface area contributed by atoms with Gasteiger partial charge in [0.1, 0.15) is 0 Å². The van der Waals surface area contributed by atoms with Crippen LogP contribution in [0.15, 0.2) is 0 Å². The fourth-order valence-corrected chi connectivity index (χ4v) is 3.81. The number of nitrogens with one attached hydrogen (secondary N) is 1. The van der Waals surface area contributed by atoms with E-state index >= 15 is 0 Å². The Balaban J connectivity index is 1.89. The van der Waals surface area contributed by atoms with Gasteiger partial charge in [-0.2, -0.15) is 0 Å². The maximum atomic E-state index is 5.35. The predicted octanol–water partition coefficient (Wildman–Crippen LogP) is 2.19. The molecule has 1 aromatic rings. The Morgan fingerprint density at radius 1 is 1.26 bits per heavy atom. The van der Waals surface area contributed by atoms with Crippen molar-refractivity contribution in [2.75, 3.05) is 25.0 Å². The second kappa shape index (κ2) is 4.90. The lowest BCUT2D eigenvalue weighted by atomic mass is 10.1. The van der Waals surface area contributed by atoms with Crippen molar-refractivity contribution >= 4 is 18.2 Å². The van der Waals surface area contributed by atoms with Crippen molar-refractivity contribution in [3.8, 4) is 0 Å². The van der Waals surface area contributed by atoms with Gasteiger partial charge in [-0.05, 0) is 52.4 Å². The van der Waals surface area contributed by atoms with Crippen LogP contribution in [0.25, 0.3) is 0 Å². The van der Waals surface area contributed by atoms with Crippen LogP contribution in [-0.2, 0) is 0 Å². The summed E-state index contributed by atoms with van der Waals surface area (Å²) in [6.07, 6.45) is 3.89. The lowest BCUT2D eigenvalue weighted by Crippen LogP contribution is -2.37. The monoisotopic (exact) mass is 281 g/mol. The molecular weight excluding hydrogens is 258 g/mol. The topological polar surface area (TPSA) is 40.1 Å². The summed E-state index contributed by atoms with van der Waals surface area (Å²) in [5, 5.41) is 7.42. The van der Waals surface area contributed by atoms with Crippen molar-refractivity contribution in [3.63, 3.8) is 0 Å². The highest BCUT2D eigenvalue weighted by Crippen LogP contribution is 2.30. The quantitative estimate of drug-likeness (QED) is 0.844. The SMILES string of the molecule is CC(C)n1c(N2CCC3CCC(C2)N3C)n[nH]c1=S. The average Bonchev–Trinajstić information content (AvgIpc) is 2.81. The molecule has 106 valence electrons. The van der Waals surface area contributed by atoms with Crippen LogP contribution in [0.5, 0.6) is 0 Å². The van der Waals surface area contributed by atoms with E-state index in [9.17, 15) is 0 Å². The van der Waals surface area contributed by atoms with Gasteiger partial charge < -0.3 is 4.90 Å². The number of hydrogen-bond donors (Lipinski definition) is 1. The number of hydrogen-bond acceptors (Lipinski definition) is 4. The zero-order valence-electron chi connectivity index (χ0n) is 12.0. The van der Waals surface area contributed by atoms with Crippen molar-refractivity contribution in [1.82, 2.24) is 19.7 Å². The third-order valence-corrected chi connectivity index (χ3v) is 4.92. The lowest BCUT2D eigenvalue weighted by molar-refractivity contribution is 0.254. The van der Waals surface area contributed by atoms with Gasteiger partial charge in [0, 0.05) is 31.2 Å². The molecule has 3 rings (SSSR count). The molecule has 0 aliphatic carbocycles. The second-order valence-electron chi connectivity index (χ2n) is 6.08. The third kappa shape index (κ3) is 2.21. The first-order valence-electron chi connectivity index (χ1n) is 7.21. The summed E-state index contributed by atoms with van der Waals surface area (Å²) in [4.78, 5) is 4.97. The highest BCUT2D eigenvalue weighted by Gasteiger charge is 2.35. The summed E-state index contributed by atoms with van der Waals surface area (Å²) in [6, 6.07) is 1.77. The Bertz CT molecular complexity index is 505. The van der Waals surface area contributed by atoms with Gasteiger partial charge in [0.05, 0.1) is 0 Å². The smallest absolute Gasteiger partial charge is 0.226 e. The summed E-state index contributed by atoms with van der Waals surface area (Å²) < 4.78 is 2.86. The molecule has 2 saturated heterocycles. The molecule has 1 aromatic heterocycles. The Labute approximate surface area is 119 Å². The maximum absolute atomic E-state index is 5.35. The normalized spacial score (nSPS) is 28.1. The molecule has 2 unspecified atom stereocenters. The molecule has 2 fully saturated rings. The Hall–Kier alpha value is -0.880. The van der Waals surface area contributed by atoms with E-state index in [1.807, 2.05) is 0 Å². The molecule has 0 amide bonds. The molecule has 0 radical (unpaired) electrons. The number of rotatable bonds is 2. The maximum Gasteiger partial charge on any atom is 0.226 e. The predicted molar refractivity (Wildman–Crippen MR) is 79.2 cm³/mol. The van der Waals surface area contributed by atoms with Crippen LogP contribution in [0.4, 0.5) is 5.95 Å². The van der Waals surface area contributed by atoms with E-state index in [1.54, 1.807) is 0 Å². The molecule has 2 atom stereocenters. The van der Waals surface area contributed by atoms with Gasteiger partial charge in [0.15, 0.2) is 4.77 Å². The van der Waals surface area contributed by atoms with Gasteiger partial charge in [-0.15, -0.1) is 5.10 Å². The first kappa shape index (κ1) is 13.1. The van der Waals surface area contributed by atoms with Crippen molar-refractivity contribution in [1.29, 1.82) is 0 Å². The van der Waals surface area contributed by atoms with Gasteiger partial charge >= 0.3 is 0 Å². The van der Waals surface area contributed by atoms with Crippen LogP contribution in [0.2, 0.25) is 0 Å². The van der Waals surface area contributed by atoms with E-state index in [4.69, 9.17) is 12.2 Å². The van der Waals surface area contributed by atoms with Gasteiger partial charge in [-0.1, -0.05) is 0 Å². The molecule has 2 aliphatic rings. The first-order valence-corrected chi connectivity index (χ1v) is 7.62. The summed E-state index contributed by atoms with van der Waals surface area (Å²) in [5.41, 5.74) is 0. The van der Waals surface area contributed by atoms with Gasteiger partial charge in [0.2, 0.25) is 5.95 Å². The molecule has 0 saturated carbocycles. The van der Waals surface area contributed by atoms with E-state index in [1.165, 1.54) is 19.3 Å². The fraction of sp³-hybridized carbons (Fsp3) is 0.846. The van der Waals surface area contributed by atoms with Gasteiger partial charge in [0.25, 0.3) is 0 Å². The fourth-order valence-electron chi connectivity index (χ4n) is 3.48. The Kier molecular flexibility index (Phi) is 3.39. The number of nitrogens with zero attached hydrogens (tertiary/aromatic N) is 4. The molecule has 3 heterocycles. The molecule has 1 N–H and O–H groups in total. The molecule has 2 bridgehead atoms. The van der Waals surface area contributed by atoms with E-state index in [0.717, 1.165) is 29.9 Å². The second-order valence-corrected chi connectivity index (χ2v) is 6.46.